The van der Waals surface area contributed by atoms with Crippen LogP contribution in [0.25, 0.3) is 0 Å². The quantitative estimate of drug-likeness (QED) is 0.796. The Balaban J connectivity index is 1.99. The monoisotopic (exact) mass is 271 g/mol. The first-order chi connectivity index (χ1) is 8.88. The highest BCUT2D eigenvalue weighted by atomic mass is 19.4. The molecule has 0 unspecified atom stereocenters. The van der Waals surface area contributed by atoms with Crippen molar-refractivity contribution in [2.75, 3.05) is 7.11 Å². The highest BCUT2D eigenvalue weighted by Crippen LogP contribution is 2.56. The Morgan fingerprint density at radius 1 is 1.47 bits per heavy atom. The minimum absolute atomic E-state index is 0.217. The van der Waals surface area contributed by atoms with E-state index in [4.69, 9.17) is 4.74 Å². The minimum Gasteiger partial charge on any atom is -0.468 e. The summed E-state index contributed by atoms with van der Waals surface area (Å²) >= 11 is 0. The number of rotatable bonds is 1. The molecule has 0 aromatic heterocycles. The van der Waals surface area contributed by atoms with Crippen molar-refractivity contribution >= 4 is 5.97 Å². The van der Waals surface area contributed by atoms with Crippen molar-refractivity contribution in [2.45, 2.75) is 30.6 Å². The van der Waals surface area contributed by atoms with Crippen molar-refractivity contribution in [1.82, 2.24) is 5.32 Å². The number of hydrogen-bond acceptors (Lipinski definition) is 3. The van der Waals surface area contributed by atoms with Crippen LogP contribution in [0.1, 0.15) is 29.0 Å². The van der Waals surface area contributed by atoms with Gasteiger partial charge in [-0.25, -0.2) is 0 Å². The average molecular weight is 271 g/mol. The number of alkyl halides is 3. The molecule has 0 bridgehead atoms. The molecule has 1 heterocycles. The topological polar surface area (TPSA) is 38.3 Å². The van der Waals surface area contributed by atoms with Crippen LogP contribution in [-0.4, -0.2) is 18.6 Å². The Kier molecular flexibility index (Phi) is 2.44. The van der Waals surface area contributed by atoms with E-state index >= 15 is 0 Å². The maximum atomic E-state index is 12.7. The van der Waals surface area contributed by atoms with E-state index in [-0.39, 0.29) is 5.92 Å². The van der Waals surface area contributed by atoms with Crippen LogP contribution in [0.3, 0.4) is 0 Å². The second-order valence-electron chi connectivity index (χ2n) is 4.98. The summed E-state index contributed by atoms with van der Waals surface area (Å²) in [5.74, 6) is -0.619. The third kappa shape index (κ3) is 1.74. The molecule has 3 rings (SSSR count). The molecule has 1 saturated carbocycles. The summed E-state index contributed by atoms with van der Waals surface area (Å²) < 4.78 is 42.9. The van der Waals surface area contributed by atoms with Gasteiger partial charge in [-0.2, -0.15) is 13.2 Å². The van der Waals surface area contributed by atoms with E-state index in [1.807, 2.05) is 0 Å². The molecular weight excluding hydrogens is 259 g/mol. The summed E-state index contributed by atoms with van der Waals surface area (Å²) in [7, 11) is 1.29. The van der Waals surface area contributed by atoms with Gasteiger partial charge in [0.15, 0.2) is 0 Å². The third-order valence-electron chi connectivity index (χ3n) is 3.95. The zero-order valence-corrected chi connectivity index (χ0v) is 10.2. The van der Waals surface area contributed by atoms with Crippen molar-refractivity contribution in [3.05, 3.63) is 34.9 Å². The van der Waals surface area contributed by atoms with Crippen LogP contribution in [-0.2, 0) is 22.3 Å². The van der Waals surface area contributed by atoms with Crippen LogP contribution in [0.2, 0.25) is 0 Å². The van der Waals surface area contributed by atoms with Gasteiger partial charge in [-0.1, -0.05) is 6.07 Å². The van der Waals surface area contributed by atoms with Crippen LogP contribution in [0.4, 0.5) is 13.2 Å². The lowest BCUT2D eigenvalue weighted by molar-refractivity contribution is -0.144. The fourth-order valence-electron chi connectivity index (χ4n) is 2.82. The highest BCUT2D eigenvalue weighted by Gasteiger charge is 2.63. The Morgan fingerprint density at radius 2 is 2.21 bits per heavy atom. The summed E-state index contributed by atoms with van der Waals surface area (Å²) in [5.41, 5.74) is -0.0563. The summed E-state index contributed by atoms with van der Waals surface area (Å²) in [5, 5.41) is 3.08. The lowest BCUT2D eigenvalue weighted by Crippen LogP contribution is -2.43. The first-order valence-electron chi connectivity index (χ1n) is 5.92. The molecule has 0 radical (unpaired) electrons. The molecule has 1 aliphatic heterocycles. The van der Waals surface area contributed by atoms with Gasteiger partial charge in [0, 0.05) is 12.5 Å². The standard InChI is InChI=1S/C13H12F3NO2/c1-19-11(18)12-5-10(12)9-4-8(13(14,15)16)3-2-7(9)6-17-12/h2-4,10,17H,5-6H2,1H3/t10-,12-/m0/s1. The number of hydrogen-bond donors (Lipinski definition) is 1. The van der Waals surface area contributed by atoms with E-state index in [2.05, 4.69) is 5.32 Å². The van der Waals surface area contributed by atoms with Gasteiger partial charge in [0.1, 0.15) is 5.54 Å². The minimum atomic E-state index is -4.36. The first-order valence-corrected chi connectivity index (χ1v) is 5.92. The van der Waals surface area contributed by atoms with Crippen molar-refractivity contribution in [3.8, 4) is 0 Å². The Bertz CT molecular complexity index is 555. The number of halogens is 3. The Morgan fingerprint density at radius 3 is 2.84 bits per heavy atom. The average Bonchev–Trinajstić information content (AvgIpc) is 3.12. The van der Waals surface area contributed by atoms with E-state index in [0.717, 1.165) is 17.7 Å². The summed E-state index contributed by atoms with van der Waals surface area (Å²) in [6.07, 6.45) is -3.86. The van der Waals surface area contributed by atoms with Crippen LogP contribution >= 0.6 is 0 Å². The fourth-order valence-corrected chi connectivity index (χ4v) is 2.82. The molecule has 1 aromatic rings. The van der Waals surface area contributed by atoms with Gasteiger partial charge in [-0.05, 0) is 29.7 Å². The maximum Gasteiger partial charge on any atom is 0.416 e. The summed E-state index contributed by atoms with van der Waals surface area (Å²) in [4.78, 5) is 11.7. The largest absolute Gasteiger partial charge is 0.468 e. The molecule has 6 heteroatoms. The molecule has 0 amide bonds. The zero-order valence-electron chi connectivity index (χ0n) is 10.2. The van der Waals surface area contributed by atoms with Crippen LogP contribution < -0.4 is 5.32 Å². The van der Waals surface area contributed by atoms with E-state index in [0.29, 0.717) is 18.5 Å². The molecule has 1 N–H and O–H groups in total. The van der Waals surface area contributed by atoms with E-state index in [1.54, 1.807) is 0 Å². The van der Waals surface area contributed by atoms with Crippen LogP contribution in [0.5, 0.6) is 0 Å². The molecule has 102 valence electrons. The molecule has 3 nitrogen and oxygen atoms in total. The predicted molar refractivity (Wildman–Crippen MR) is 60.4 cm³/mol. The smallest absolute Gasteiger partial charge is 0.416 e. The van der Waals surface area contributed by atoms with Gasteiger partial charge in [0.05, 0.1) is 12.7 Å². The van der Waals surface area contributed by atoms with E-state index < -0.39 is 23.2 Å². The zero-order chi connectivity index (χ0) is 13.8. The van der Waals surface area contributed by atoms with Crippen molar-refractivity contribution in [3.63, 3.8) is 0 Å². The number of fused-ring (bicyclic) bond motifs is 3. The second kappa shape index (κ2) is 3.72. The Hall–Kier alpha value is -1.56. The van der Waals surface area contributed by atoms with Crippen molar-refractivity contribution < 1.29 is 22.7 Å². The molecular formula is C13H12F3NO2. The molecule has 1 aromatic carbocycles. The van der Waals surface area contributed by atoms with Gasteiger partial charge in [-0.3, -0.25) is 10.1 Å². The van der Waals surface area contributed by atoms with Gasteiger partial charge in [0.2, 0.25) is 0 Å². The van der Waals surface area contributed by atoms with Gasteiger partial charge in [0.25, 0.3) is 0 Å². The van der Waals surface area contributed by atoms with E-state index in [9.17, 15) is 18.0 Å². The van der Waals surface area contributed by atoms with Crippen LogP contribution in [0.15, 0.2) is 18.2 Å². The molecule has 0 saturated heterocycles. The molecule has 0 spiro atoms. The summed E-state index contributed by atoms with van der Waals surface area (Å²) in [6, 6.07) is 3.71. The lowest BCUT2D eigenvalue weighted by atomic mass is 9.94. The normalized spacial score (nSPS) is 28.3. The lowest BCUT2D eigenvalue weighted by Gasteiger charge is -2.24. The number of methoxy groups -OCH3 is 1. The predicted octanol–water partition coefficient (Wildman–Crippen LogP) is 2.21. The van der Waals surface area contributed by atoms with Gasteiger partial charge >= 0.3 is 12.1 Å². The van der Waals surface area contributed by atoms with Gasteiger partial charge < -0.3 is 4.74 Å². The third-order valence-corrected chi connectivity index (χ3v) is 3.95. The number of benzene rings is 1. The first kappa shape index (κ1) is 12.5. The summed E-state index contributed by atoms with van der Waals surface area (Å²) in [6.45, 7) is 0.388. The number of carbonyl (C=O) groups excluding carboxylic acids is 1. The van der Waals surface area contributed by atoms with Crippen molar-refractivity contribution in [2.24, 2.45) is 0 Å². The molecule has 1 fully saturated rings. The highest BCUT2D eigenvalue weighted by molar-refractivity contribution is 5.87. The number of carbonyl (C=O) groups is 1. The molecule has 1 aliphatic carbocycles. The van der Waals surface area contributed by atoms with E-state index in [1.165, 1.54) is 13.2 Å². The molecule has 2 aliphatic rings. The Labute approximate surface area is 107 Å². The van der Waals surface area contributed by atoms with Gasteiger partial charge in [-0.15, -0.1) is 0 Å². The number of ether oxygens (including phenoxy) is 1. The maximum absolute atomic E-state index is 12.7. The van der Waals surface area contributed by atoms with Crippen LogP contribution in [0, 0.1) is 0 Å². The number of esters is 1. The fraction of sp³-hybridized carbons (Fsp3) is 0.462. The SMILES string of the molecule is COC(=O)[C@]12C[C@H]1c1cc(C(F)(F)F)ccc1CN2. The molecule has 2 atom stereocenters. The molecule has 19 heavy (non-hydrogen) atoms. The second-order valence-corrected chi connectivity index (χ2v) is 4.98. The van der Waals surface area contributed by atoms with Crippen molar-refractivity contribution in [1.29, 1.82) is 0 Å². The number of nitrogens with one attached hydrogen (secondary N) is 1.